The molecule has 0 aliphatic heterocycles. The average Bonchev–Trinajstić information content (AvgIpc) is 3.09. The van der Waals surface area contributed by atoms with Crippen molar-refractivity contribution < 1.29 is 42.1 Å². The van der Waals surface area contributed by atoms with Gasteiger partial charge < -0.3 is 18.9 Å². The van der Waals surface area contributed by atoms with E-state index in [-0.39, 0.29) is 32.0 Å². The van der Waals surface area contributed by atoms with Gasteiger partial charge >= 0.3 is 19.8 Å². The van der Waals surface area contributed by atoms with Crippen LogP contribution >= 0.6 is 7.82 Å². The van der Waals surface area contributed by atoms with E-state index in [2.05, 4.69) is 26.0 Å². The second-order valence-electron chi connectivity index (χ2n) is 15.7. The third kappa shape index (κ3) is 38.5. The Kier molecular flexibility index (Phi) is 34.6. The molecule has 52 heavy (non-hydrogen) atoms. The standard InChI is InChI=1S/C42H82NO8P/c1-6-8-10-12-14-16-18-20-21-23-24-26-28-30-32-34-41(44)48-38-40(39-50-52(46,47)49-37-36-43(3,4)5)51-42(45)35-33-31-29-27-25-22-19-17-15-13-11-9-7-2/h20-21,40H,6-19,22-39H2,1-5H3/p+1/b21-20-. The first kappa shape index (κ1) is 50.8. The summed E-state index contributed by atoms with van der Waals surface area (Å²) in [5, 5.41) is 0. The highest BCUT2D eigenvalue weighted by Crippen LogP contribution is 2.43. The van der Waals surface area contributed by atoms with Gasteiger partial charge in [0, 0.05) is 12.8 Å². The van der Waals surface area contributed by atoms with Crippen molar-refractivity contribution in [2.45, 2.75) is 200 Å². The number of allylic oxidation sites excluding steroid dienone is 2. The molecule has 0 spiro atoms. The number of nitrogens with zero attached hydrogens (tertiary/aromatic N) is 1. The number of unbranched alkanes of at least 4 members (excludes halogenated alkanes) is 23. The van der Waals surface area contributed by atoms with Crippen LogP contribution < -0.4 is 0 Å². The summed E-state index contributed by atoms with van der Waals surface area (Å²) >= 11 is 0. The van der Waals surface area contributed by atoms with Crippen LogP contribution in [-0.2, 0) is 32.7 Å². The van der Waals surface area contributed by atoms with Gasteiger partial charge in [0.1, 0.15) is 19.8 Å². The van der Waals surface area contributed by atoms with Gasteiger partial charge in [0.15, 0.2) is 6.10 Å². The number of hydrogen-bond acceptors (Lipinski definition) is 7. The molecule has 9 nitrogen and oxygen atoms in total. The summed E-state index contributed by atoms with van der Waals surface area (Å²) < 4.78 is 34.3. The highest BCUT2D eigenvalue weighted by atomic mass is 31.2. The number of hydrogen-bond donors (Lipinski definition) is 1. The minimum atomic E-state index is -4.37. The van der Waals surface area contributed by atoms with E-state index in [1.165, 1.54) is 109 Å². The van der Waals surface area contributed by atoms with Gasteiger partial charge in [0.25, 0.3) is 0 Å². The van der Waals surface area contributed by atoms with Gasteiger partial charge in [-0.05, 0) is 38.5 Å². The molecule has 0 aromatic rings. The second kappa shape index (κ2) is 35.5. The quantitative estimate of drug-likeness (QED) is 0.0217. The minimum absolute atomic E-state index is 0.0335. The van der Waals surface area contributed by atoms with Gasteiger partial charge in [0.05, 0.1) is 27.7 Å². The summed E-state index contributed by atoms with van der Waals surface area (Å²) in [4.78, 5) is 35.3. The molecule has 0 aliphatic carbocycles. The molecule has 10 heteroatoms. The Hall–Kier alpha value is -1.25. The van der Waals surface area contributed by atoms with Gasteiger partial charge in [-0.3, -0.25) is 18.6 Å². The number of esters is 2. The number of phosphoric ester groups is 1. The first-order chi connectivity index (χ1) is 25.0. The molecule has 0 radical (unpaired) electrons. The van der Waals surface area contributed by atoms with Crippen LogP contribution in [0.1, 0.15) is 194 Å². The van der Waals surface area contributed by atoms with E-state index in [0.29, 0.717) is 17.4 Å². The Morgan fingerprint density at radius 1 is 0.577 bits per heavy atom. The van der Waals surface area contributed by atoms with E-state index in [1.807, 2.05) is 21.1 Å². The maximum absolute atomic E-state index is 12.6. The van der Waals surface area contributed by atoms with Gasteiger partial charge in [0.2, 0.25) is 0 Å². The number of rotatable bonds is 39. The Morgan fingerprint density at radius 3 is 1.42 bits per heavy atom. The zero-order valence-electron chi connectivity index (χ0n) is 34.6. The molecule has 308 valence electrons. The first-order valence-electron chi connectivity index (χ1n) is 21.4. The molecule has 2 unspecified atom stereocenters. The number of likely N-dealkylation sites (N-methyl/N-ethyl adjacent to an activating group) is 1. The van der Waals surface area contributed by atoms with Crippen LogP contribution in [0.2, 0.25) is 0 Å². The van der Waals surface area contributed by atoms with Crippen molar-refractivity contribution in [3.05, 3.63) is 12.2 Å². The average molecular weight is 761 g/mol. The molecule has 0 aromatic carbocycles. The molecule has 0 rings (SSSR count). The summed E-state index contributed by atoms with van der Waals surface area (Å²) in [6.45, 7) is 4.42. The van der Waals surface area contributed by atoms with E-state index in [4.69, 9.17) is 18.5 Å². The molecule has 0 saturated carbocycles. The Morgan fingerprint density at radius 2 is 0.981 bits per heavy atom. The second-order valence-corrected chi connectivity index (χ2v) is 17.2. The highest BCUT2D eigenvalue weighted by Gasteiger charge is 2.27. The molecule has 0 aromatic heterocycles. The monoisotopic (exact) mass is 761 g/mol. The molecule has 0 aliphatic rings. The summed E-state index contributed by atoms with van der Waals surface area (Å²) in [7, 11) is 1.48. The van der Waals surface area contributed by atoms with E-state index in [9.17, 15) is 19.0 Å². The van der Waals surface area contributed by atoms with Gasteiger partial charge in [-0.2, -0.15) is 0 Å². The number of phosphoric acid groups is 1. The van der Waals surface area contributed by atoms with Crippen molar-refractivity contribution in [1.29, 1.82) is 0 Å². The van der Waals surface area contributed by atoms with Gasteiger partial charge in [-0.1, -0.05) is 154 Å². The highest BCUT2D eigenvalue weighted by molar-refractivity contribution is 7.47. The Bertz CT molecular complexity index is 907. The normalized spacial score (nSPS) is 13.7. The predicted octanol–water partition coefficient (Wildman–Crippen LogP) is 11.8. The van der Waals surface area contributed by atoms with Crippen LogP contribution in [0.5, 0.6) is 0 Å². The minimum Gasteiger partial charge on any atom is -0.462 e. The van der Waals surface area contributed by atoms with Crippen LogP contribution in [0.3, 0.4) is 0 Å². The molecule has 2 atom stereocenters. The number of quaternary nitrogens is 1. The van der Waals surface area contributed by atoms with Crippen molar-refractivity contribution in [3.63, 3.8) is 0 Å². The van der Waals surface area contributed by atoms with Crippen molar-refractivity contribution in [2.24, 2.45) is 0 Å². The van der Waals surface area contributed by atoms with E-state index >= 15 is 0 Å². The van der Waals surface area contributed by atoms with Gasteiger partial charge in [-0.15, -0.1) is 0 Å². The van der Waals surface area contributed by atoms with E-state index < -0.39 is 26.5 Å². The fourth-order valence-corrected chi connectivity index (χ4v) is 6.63. The molecule has 0 heterocycles. The van der Waals surface area contributed by atoms with E-state index in [1.54, 1.807) is 0 Å². The molecule has 0 amide bonds. The molecule has 0 fully saturated rings. The molecule has 0 bridgehead atoms. The first-order valence-corrected chi connectivity index (χ1v) is 22.9. The Balaban J connectivity index is 4.37. The molecular formula is C42H83NO8P+. The van der Waals surface area contributed by atoms with Gasteiger partial charge in [-0.25, -0.2) is 4.57 Å². The van der Waals surface area contributed by atoms with Crippen molar-refractivity contribution in [2.75, 3.05) is 47.5 Å². The molecule has 0 saturated heterocycles. The lowest BCUT2D eigenvalue weighted by Crippen LogP contribution is -2.37. The largest absolute Gasteiger partial charge is 0.472 e. The fourth-order valence-electron chi connectivity index (χ4n) is 5.89. The maximum Gasteiger partial charge on any atom is 0.472 e. The topological polar surface area (TPSA) is 108 Å². The number of carbonyl (C=O) groups excluding carboxylic acids is 2. The molecular weight excluding hydrogens is 677 g/mol. The number of carbonyl (C=O) groups is 2. The summed E-state index contributed by atoms with van der Waals surface area (Å²) in [5.74, 6) is -0.801. The summed E-state index contributed by atoms with van der Waals surface area (Å²) in [6.07, 6.45) is 35.3. The lowest BCUT2D eigenvalue weighted by molar-refractivity contribution is -0.870. The third-order valence-electron chi connectivity index (χ3n) is 9.30. The SMILES string of the molecule is CCCCCCCC/C=C\CCCCCCCC(=O)OCC(COP(=O)(O)OCC[N+](C)(C)C)OC(=O)CCCCCCCCCCCCCCC. The van der Waals surface area contributed by atoms with Crippen LogP contribution in [0, 0.1) is 0 Å². The predicted molar refractivity (Wildman–Crippen MR) is 215 cm³/mol. The van der Waals surface area contributed by atoms with E-state index in [0.717, 1.165) is 51.4 Å². The maximum atomic E-state index is 12.6. The summed E-state index contributed by atoms with van der Waals surface area (Å²) in [6, 6.07) is 0. The van der Waals surface area contributed by atoms with Crippen LogP contribution in [0.4, 0.5) is 0 Å². The fraction of sp³-hybridized carbons (Fsp3) is 0.905. The lowest BCUT2D eigenvalue weighted by atomic mass is 10.0. The zero-order valence-corrected chi connectivity index (χ0v) is 35.5. The van der Waals surface area contributed by atoms with Crippen LogP contribution in [0.15, 0.2) is 12.2 Å². The van der Waals surface area contributed by atoms with Crippen LogP contribution in [0.25, 0.3) is 0 Å². The van der Waals surface area contributed by atoms with Crippen molar-refractivity contribution in [1.82, 2.24) is 0 Å². The smallest absolute Gasteiger partial charge is 0.462 e. The third-order valence-corrected chi connectivity index (χ3v) is 10.3. The zero-order chi connectivity index (χ0) is 38.6. The van der Waals surface area contributed by atoms with Crippen molar-refractivity contribution in [3.8, 4) is 0 Å². The summed E-state index contributed by atoms with van der Waals surface area (Å²) in [5.41, 5.74) is 0. The number of ether oxygens (including phenoxy) is 2. The van der Waals surface area contributed by atoms with Crippen molar-refractivity contribution >= 4 is 19.8 Å². The molecule has 1 N–H and O–H groups in total. The van der Waals surface area contributed by atoms with Crippen LogP contribution in [-0.4, -0.2) is 74.9 Å². The lowest BCUT2D eigenvalue weighted by Gasteiger charge is -2.24. The Labute approximate surface area is 320 Å².